The van der Waals surface area contributed by atoms with Gasteiger partial charge in [0.1, 0.15) is 11.2 Å². The molecule has 0 spiro atoms. The topological polar surface area (TPSA) is 63.5 Å². The van der Waals surface area contributed by atoms with E-state index < -0.39 is 35.4 Å². The smallest absolute Gasteiger partial charge is 0.347 e. The minimum absolute atomic E-state index is 0.138. The molecule has 1 saturated carbocycles. The Hall–Kier alpha value is -1.64. The third-order valence-electron chi connectivity index (χ3n) is 6.87. The van der Waals surface area contributed by atoms with Crippen molar-refractivity contribution in [1.29, 1.82) is 0 Å². The van der Waals surface area contributed by atoms with Crippen LogP contribution in [0.25, 0.3) is 0 Å². The number of alkyl halides is 3. The van der Waals surface area contributed by atoms with Crippen molar-refractivity contribution in [2.75, 3.05) is 6.54 Å². The Morgan fingerprint density at radius 1 is 1.25 bits per heavy atom. The molecule has 1 fully saturated rings. The Balaban J connectivity index is 2.35. The molecule has 2 atom stereocenters. The zero-order chi connectivity index (χ0) is 24.5. The zero-order valence-electron chi connectivity index (χ0n) is 20.2. The van der Waals surface area contributed by atoms with Gasteiger partial charge in [-0.2, -0.15) is 13.2 Å². The standard InChI is InChI=1S/C23H36F3N3O2S/c1-8-9-10-15-13-29(20(2,3)4)32-18(15)28-19(31)22(7)12-11-16(21(22,5)6)17(30)27-14-23(24,25)26/h13,16H,8-12,14H2,1-7H3,(H,27,30)/t16-,22+/m0/s1. The summed E-state index contributed by atoms with van der Waals surface area (Å²) in [6, 6.07) is 0. The number of aryl methyl sites for hydroxylation is 1. The van der Waals surface area contributed by atoms with Crippen molar-refractivity contribution in [2.45, 2.75) is 92.3 Å². The normalized spacial score (nSPS) is 24.1. The lowest BCUT2D eigenvalue weighted by molar-refractivity contribution is -0.145. The number of unbranched alkanes of at least 4 members (excludes halogenated alkanes) is 1. The summed E-state index contributed by atoms with van der Waals surface area (Å²) in [6.45, 7) is 12.4. The van der Waals surface area contributed by atoms with Crippen LogP contribution in [0.4, 0.5) is 13.2 Å². The summed E-state index contributed by atoms with van der Waals surface area (Å²) in [6.07, 6.45) is 1.18. The maximum Gasteiger partial charge on any atom is 0.405 e. The van der Waals surface area contributed by atoms with Gasteiger partial charge < -0.3 is 5.32 Å². The van der Waals surface area contributed by atoms with E-state index in [1.807, 2.05) is 5.32 Å². The van der Waals surface area contributed by atoms with Crippen LogP contribution in [0.3, 0.4) is 0 Å². The van der Waals surface area contributed by atoms with Crippen molar-refractivity contribution >= 4 is 23.3 Å². The fraction of sp³-hybridized carbons (Fsp3) is 0.783. The zero-order valence-corrected chi connectivity index (χ0v) is 21.0. The van der Waals surface area contributed by atoms with Crippen LogP contribution in [0.15, 0.2) is 11.2 Å². The highest BCUT2D eigenvalue weighted by atomic mass is 32.1. The largest absolute Gasteiger partial charge is 0.405 e. The van der Waals surface area contributed by atoms with Crippen LogP contribution in [0.1, 0.15) is 79.7 Å². The monoisotopic (exact) mass is 475 g/mol. The maximum atomic E-state index is 13.4. The molecule has 0 radical (unpaired) electrons. The number of nitrogens with zero attached hydrogens (tertiary/aromatic N) is 2. The van der Waals surface area contributed by atoms with Gasteiger partial charge in [0.2, 0.25) is 5.91 Å². The van der Waals surface area contributed by atoms with Crippen LogP contribution >= 0.6 is 11.5 Å². The first kappa shape index (κ1) is 26.6. The molecular weight excluding hydrogens is 439 g/mol. The molecule has 1 heterocycles. The van der Waals surface area contributed by atoms with Gasteiger partial charge in [-0.15, -0.1) is 0 Å². The van der Waals surface area contributed by atoms with Gasteiger partial charge in [-0.1, -0.05) is 34.1 Å². The Bertz CT molecular complexity index is 909. The molecule has 0 aromatic carbocycles. The number of hydrogen-bond acceptors (Lipinski definition) is 3. The molecule has 0 aliphatic heterocycles. The van der Waals surface area contributed by atoms with E-state index in [1.165, 1.54) is 11.5 Å². The molecule has 0 unspecified atom stereocenters. The molecule has 2 rings (SSSR count). The summed E-state index contributed by atoms with van der Waals surface area (Å²) in [5.74, 6) is -1.65. The lowest BCUT2D eigenvalue weighted by Gasteiger charge is -2.38. The van der Waals surface area contributed by atoms with Gasteiger partial charge in [0.25, 0.3) is 5.91 Å². The van der Waals surface area contributed by atoms with Gasteiger partial charge >= 0.3 is 6.18 Å². The molecular formula is C23H36F3N3O2S. The highest BCUT2D eigenvalue weighted by molar-refractivity contribution is 7.04. The number of nitrogens with one attached hydrogen (secondary N) is 1. The molecule has 1 aromatic heterocycles. The van der Waals surface area contributed by atoms with Crippen LogP contribution in [0.2, 0.25) is 0 Å². The number of aromatic nitrogens is 1. The van der Waals surface area contributed by atoms with Crippen LogP contribution < -0.4 is 9.99 Å². The highest BCUT2D eigenvalue weighted by Gasteiger charge is 2.58. The van der Waals surface area contributed by atoms with Gasteiger partial charge in [-0.05, 0) is 63.4 Å². The summed E-state index contributed by atoms with van der Waals surface area (Å²) in [5.41, 5.74) is -0.879. The molecule has 1 aliphatic rings. The number of carbonyl (C=O) groups is 2. The van der Waals surface area contributed by atoms with E-state index in [4.69, 9.17) is 0 Å². The first-order valence-electron chi connectivity index (χ1n) is 11.2. The Morgan fingerprint density at radius 3 is 2.41 bits per heavy atom. The molecule has 0 bridgehead atoms. The Labute approximate surface area is 192 Å². The third kappa shape index (κ3) is 5.64. The van der Waals surface area contributed by atoms with Gasteiger partial charge in [0.15, 0.2) is 0 Å². The average molecular weight is 476 g/mol. The number of carbonyl (C=O) groups excluding carboxylic acids is 2. The molecule has 1 aliphatic carbocycles. The predicted octanol–water partition coefficient (Wildman–Crippen LogP) is 5.20. The average Bonchev–Trinajstić information content (AvgIpc) is 3.16. The Morgan fingerprint density at radius 2 is 1.88 bits per heavy atom. The predicted molar refractivity (Wildman–Crippen MR) is 120 cm³/mol. The molecule has 5 nitrogen and oxygen atoms in total. The lowest BCUT2D eigenvalue weighted by Crippen LogP contribution is -2.46. The van der Waals surface area contributed by atoms with E-state index in [-0.39, 0.29) is 11.4 Å². The van der Waals surface area contributed by atoms with E-state index in [1.54, 1.807) is 20.8 Å². The van der Waals surface area contributed by atoms with Gasteiger partial charge in [0.05, 0.1) is 5.41 Å². The van der Waals surface area contributed by atoms with Crippen LogP contribution in [0.5, 0.6) is 0 Å². The number of halogens is 3. The summed E-state index contributed by atoms with van der Waals surface area (Å²) in [4.78, 5) is 30.5. The number of hydrogen-bond donors (Lipinski definition) is 1. The van der Waals surface area contributed by atoms with Crippen molar-refractivity contribution in [3.05, 3.63) is 16.4 Å². The third-order valence-corrected chi connectivity index (χ3v) is 8.25. The van der Waals surface area contributed by atoms with E-state index in [2.05, 4.69) is 42.8 Å². The Kier molecular flexibility index (Phi) is 7.74. The maximum absolute atomic E-state index is 13.4. The first-order chi connectivity index (χ1) is 14.5. The first-order valence-corrected chi connectivity index (χ1v) is 12.0. The van der Waals surface area contributed by atoms with E-state index >= 15 is 0 Å². The number of amides is 2. The van der Waals surface area contributed by atoms with Crippen LogP contribution in [-0.2, 0) is 21.5 Å². The fourth-order valence-corrected chi connectivity index (χ4v) is 5.24. The molecule has 2 amide bonds. The minimum Gasteiger partial charge on any atom is -0.347 e. The van der Waals surface area contributed by atoms with E-state index in [0.29, 0.717) is 17.5 Å². The molecule has 9 heteroatoms. The quantitative estimate of drug-likeness (QED) is 0.615. The van der Waals surface area contributed by atoms with Gasteiger partial charge in [-0.3, -0.25) is 13.5 Å². The fourth-order valence-electron chi connectivity index (χ4n) is 4.20. The minimum atomic E-state index is -4.47. The summed E-state index contributed by atoms with van der Waals surface area (Å²) < 4.78 is 40.4. The van der Waals surface area contributed by atoms with E-state index in [0.717, 1.165) is 24.8 Å². The number of rotatable bonds is 6. The van der Waals surface area contributed by atoms with Crippen molar-refractivity contribution in [3.63, 3.8) is 0 Å². The SMILES string of the molecule is CCCCc1cn(C(C)(C)C)sc1=NC(=O)[C@@]1(C)CC[C@@H](C(=O)NCC(F)(F)F)C1(C)C. The molecule has 182 valence electrons. The molecule has 1 N–H and O–H groups in total. The van der Waals surface area contributed by atoms with Gasteiger partial charge in [-0.25, -0.2) is 4.99 Å². The second kappa shape index (κ2) is 9.31. The van der Waals surface area contributed by atoms with Crippen molar-refractivity contribution in [1.82, 2.24) is 9.27 Å². The van der Waals surface area contributed by atoms with Crippen LogP contribution in [0, 0.1) is 16.7 Å². The molecule has 1 aromatic rings. The van der Waals surface area contributed by atoms with Gasteiger partial charge in [0, 0.05) is 23.2 Å². The van der Waals surface area contributed by atoms with Crippen molar-refractivity contribution in [2.24, 2.45) is 21.7 Å². The lowest BCUT2D eigenvalue weighted by atomic mass is 9.65. The van der Waals surface area contributed by atoms with Crippen molar-refractivity contribution in [3.8, 4) is 0 Å². The highest BCUT2D eigenvalue weighted by Crippen LogP contribution is 2.56. The van der Waals surface area contributed by atoms with E-state index in [9.17, 15) is 22.8 Å². The molecule has 32 heavy (non-hydrogen) atoms. The molecule has 0 saturated heterocycles. The second-order valence-electron chi connectivity index (χ2n) is 10.5. The summed E-state index contributed by atoms with van der Waals surface area (Å²) in [5, 5.41) is 1.99. The van der Waals surface area contributed by atoms with Crippen molar-refractivity contribution < 1.29 is 22.8 Å². The summed E-state index contributed by atoms with van der Waals surface area (Å²) in [7, 11) is 0. The van der Waals surface area contributed by atoms with Crippen LogP contribution in [-0.4, -0.2) is 28.5 Å². The second-order valence-corrected chi connectivity index (χ2v) is 11.5. The summed E-state index contributed by atoms with van der Waals surface area (Å²) >= 11 is 1.45.